The minimum atomic E-state index is -0.415. The van der Waals surface area contributed by atoms with Gasteiger partial charge in [0.15, 0.2) is 0 Å². The van der Waals surface area contributed by atoms with Crippen molar-refractivity contribution in [1.82, 2.24) is 10.2 Å². The van der Waals surface area contributed by atoms with E-state index in [1.807, 2.05) is 24.3 Å². The van der Waals surface area contributed by atoms with Crippen LogP contribution in [0.2, 0.25) is 0 Å². The van der Waals surface area contributed by atoms with E-state index in [9.17, 15) is 18.8 Å². The summed E-state index contributed by atoms with van der Waals surface area (Å²) in [7, 11) is 0. The van der Waals surface area contributed by atoms with Gasteiger partial charge in [0.1, 0.15) is 5.82 Å². The zero-order valence-electron chi connectivity index (χ0n) is 14.7. The van der Waals surface area contributed by atoms with Gasteiger partial charge in [0, 0.05) is 17.6 Å². The Hall–Kier alpha value is -2.45. The molecule has 28 heavy (non-hydrogen) atoms. The predicted octanol–water partition coefficient (Wildman–Crippen LogP) is 3.98. The molecule has 0 spiro atoms. The van der Waals surface area contributed by atoms with Crippen molar-refractivity contribution < 1.29 is 18.8 Å². The predicted molar refractivity (Wildman–Crippen MR) is 110 cm³/mol. The number of rotatable bonds is 6. The number of amides is 3. The van der Waals surface area contributed by atoms with Gasteiger partial charge in [-0.25, -0.2) is 4.39 Å². The number of benzene rings is 2. The number of hydrogen-bond donors (Lipinski definition) is 1. The van der Waals surface area contributed by atoms with Crippen LogP contribution in [0.5, 0.6) is 0 Å². The molecule has 0 saturated carbocycles. The summed E-state index contributed by atoms with van der Waals surface area (Å²) in [6.45, 7) is 0.273. The molecule has 5 nitrogen and oxygen atoms in total. The molecule has 3 amide bonds. The second kappa shape index (κ2) is 9.16. The summed E-state index contributed by atoms with van der Waals surface area (Å²) < 4.78 is 13.9. The molecule has 1 aliphatic rings. The first-order chi connectivity index (χ1) is 13.4. The zero-order valence-corrected chi connectivity index (χ0v) is 17.1. The second-order valence-electron chi connectivity index (χ2n) is 6.04. The topological polar surface area (TPSA) is 66.5 Å². The number of thioether (sulfide) groups is 1. The van der Waals surface area contributed by atoms with Crippen molar-refractivity contribution in [2.24, 2.45) is 0 Å². The molecule has 1 N–H and O–H groups in total. The van der Waals surface area contributed by atoms with Crippen LogP contribution in [0.3, 0.4) is 0 Å². The van der Waals surface area contributed by atoms with Crippen LogP contribution in [0, 0.1) is 5.82 Å². The Morgan fingerprint density at radius 1 is 1.11 bits per heavy atom. The summed E-state index contributed by atoms with van der Waals surface area (Å²) in [5.74, 6) is -0.971. The van der Waals surface area contributed by atoms with Gasteiger partial charge in [0.2, 0.25) is 5.91 Å². The van der Waals surface area contributed by atoms with E-state index in [2.05, 4.69) is 21.2 Å². The zero-order chi connectivity index (χ0) is 20.1. The fourth-order valence-electron chi connectivity index (χ4n) is 2.56. The van der Waals surface area contributed by atoms with E-state index in [-0.39, 0.29) is 41.4 Å². The van der Waals surface area contributed by atoms with Crippen molar-refractivity contribution in [3.05, 3.63) is 74.9 Å². The van der Waals surface area contributed by atoms with Crippen LogP contribution in [0.4, 0.5) is 9.18 Å². The fourth-order valence-corrected chi connectivity index (χ4v) is 3.69. The van der Waals surface area contributed by atoms with E-state index >= 15 is 0 Å². The van der Waals surface area contributed by atoms with E-state index < -0.39 is 5.91 Å². The first kappa shape index (κ1) is 20.3. The normalized spacial score (nSPS) is 15.4. The highest BCUT2D eigenvalue weighted by molar-refractivity contribution is 9.10. The van der Waals surface area contributed by atoms with Crippen LogP contribution in [-0.2, 0) is 16.0 Å². The maximum absolute atomic E-state index is 13.0. The lowest BCUT2D eigenvalue weighted by molar-refractivity contribution is -0.124. The van der Waals surface area contributed by atoms with Gasteiger partial charge in [-0.1, -0.05) is 40.2 Å². The maximum atomic E-state index is 13.0. The Morgan fingerprint density at radius 2 is 1.79 bits per heavy atom. The largest absolute Gasteiger partial charge is 0.354 e. The molecule has 8 heteroatoms. The molecule has 3 rings (SSSR count). The van der Waals surface area contributed by atoms with Crippen LogP contribution in [0.25, 0.3) is 6.08 Å². The van der Waals surface area contributed by atoms with E-state index in [4.69, 9.17) is 0 Å². The summed E-state index contributed by atoms with van der Waals surface area (Å²) in [6.07, 6.45) is 1.77. The van der Waals surface area contributed by atoms with Crippen LogP contribution >= 0.6 is 27.7 Å². The Morgan fingerprint density at radius 3 is 2.46 bits per heavy atom. The first-order valence-corrected chi connectivity index (χ1v) is 10.1. The highest BCUT2D eigenvalue weighted by atomic mass is 79.9. The van der Waals surface area contributed by atoms with Gasteiger partial charge >= 0.3 is 0 Å². The van der Waals surface area contributed by atoms with Gasteiger partial charge < -0.3 is 5.32 Å². The van der Waals surface area contributed by atoms with Crippen LogP contribution in [-0.4, -0.2) is 35.0 Å². The number of halogens is 2. The molecule has 1 aliphatic heterocycles. The second-order valence-corrected chi connectivity index (χ2v) is 7.95. The molecule has 0 atom stereocenters. The lowest BCUT2D eigenvalue weighted by Gasteiger charge is -2.13. The van der Waals surface area contributed by atoms with Gasteiger partial charge in [0.05, 0.1) is 11.3 Å². The fraction of sp³-hybridized carbons (Fsp3) is 0.150. The van der Waals surface area contributed by atoms with E-state index in [0.717, 1.165) is 26.7 Å². The standard InChI is InChI=1S/C20H16BrFN2O3S/c21-15-5-1-14(2-6-15)12-18(25)23-9-10-24-19(26)17(28-20(24)27)11-13-3-7-16(22)8-4-13/h1-8,11H,9-10,12H2,(H,23,25)/b17-11+. The summed E-state index contributed by atoms with van der Waals surface area (Å²) in [5, 5.41) is 2.33. The first-order valence-electron chi connectivity index (χ1n) is 8.44. The number of nitrogens with zero attached hydrogens (tertiary/aromatic N) is 1. The molecule has 144 valence electrons. The number of imide groups is 1. The van der Waals surface area contributed by atoms with Gasteiger partial charge in [-0.3, -0.25) is 19.3 Å². The molecule has 0 aliphatic carbocycles. The van der Waals surface area contributed by atoms with Gasteiger partial charge in [-0.2, -0.15) is 0 Å². The molecule has 2 aromatic carbocycles. The number of hydrogen-bond acceptors (Lipinski definition) is 4. The lowest BCUT2D eigenvalue weighted by atomic mass is 10.1. The maximum Gasteiger partial charge on any atom is 0.293 e. The lowest BCUT2D eigenvalue weighted by Crippen LogP contribution is -2.37. The van der Waals surface area contributed by atoms with Crippen molar-refractivity contribution in [1.29, 1.82) is 0 Å². The molecular formula is C20H16BrFN2O3S. The molecule has 0 unspecified atom stereocenters. The number of carbonyl (C=O) groups excluding carboxylic acids is 3. The Labute approximate surface area is 174 Å². The van der Waals surface area contributed by atoms with Gasteiger partial charge in [-0.05, 0) is 53.2 Å². The Balaban J connectivity index is 1.52. The van der Waals surface area contributed by atoms with Gasteiger partial charge in [-0.15, -0.1) is 0 Å². The number of carbonyl (C=O) groups is 3. The third-order valence-corrected chi connectivity index (χ3v) is 5.41. The monoisotopic (exact) mass is 462 g/mol. The molecule has 0 bridgehead atoms. The molecule has 2 aromatic rings. The Bertz CT molecular complexity index is 929. The highest BCUT2D eigenvalue weighted by Crippen LogP contribution is 2.31. The van der Waals surface area contributed by atoms with Crippen LogP contribution < -0.4 is 5.32 Å². The van der Waals surface area contributed by atoms with Crippen molar-refractivity contribution in [2.45, 2.75) is 6.42 Å². The molecule has 0 radical (unpaired) electrons. The third-order valence-electron chi connectivity index (χ3n) is 3.98. The third kappa shape index (κ3) is 5.30. The van der Waals surface area contributed by atoms with Crippen molar-refractivity contribution in [3.63, 3.8) is 0 Å². The van der Waals surface area contributed by atoms with Crippen molar-refractivity contribution in [2.75, 3.05) is 13.1 Å². The smallest absolute Gasteiger partial charge is 0.293 e. The SMILES string of the molecule is O=C(Cc1ccc(Br)cc1)NCCN1C(=O)S/C(=C/c2ccc(F)cc2)C1=O. The number of nitrogens with one attached hydrogen (secondary N) is 1. The van der Waals surface area contributed by atoms with Crippen molar-refractivity contribution in [3.8, 4) is 0 Å². The van der Waals surface area contributed by atoms with Gasteiger partial charge in [0.25, 0.3) is 11.1 Å². The summed E-state index contributed by atoms with van der Waals surface area (Å²) in [5.41, 5.74) is 1.50. The molecule has 1 fully saturated rings. The molecule has 0 aromatic heterocycles. The van der Waals surface area contributed by atoms with Crippen LogP contribution in [0.1, 0.15) is 11.1 Å². The highest BCUT2D eigenvalue weighted by Gasteiger charge is 2.34. The summed E-state index contributed by atoms with van der Waals surface area (Å²) in [6, 6.07) is 13.1. The summed E-state index contributed by atoms with van der Waals surface area (Å²) in [4.78, 5) is 37.9. The average Bonchev–Trinajstić information content (AvgIpc) is 2.93. The minimum absolute atomic E-state index is 0.0947. The molecular weight excluding hydrogens is 447 g/mol. The van der Waals surface area contributed by atoms with Crippen molar-refractivity contribution >= 4 is 50.8 Å². The molecule has 1 heterocycles. The van der Waals surface area contributed by atoms with E-state index in [0.29, 0.717) is 5.56 Å². The summed E-state index contributed by atoms with van der Waals surface area (Å²) >= 11 is 4.17. The Kier molecular flexibility index (Phi) is 6.64. The van der Waals surface area contributed by atoms with E-state index in [1.165, 1.54) is 24.3 Å². The minimum Gasteiger partial charge on any atom is -0.354 e. The quantitative estimate of drug-likeness (QED) is 0.659. The average molecular weight is 463 g/mol. The van der Waals surface area contributed by atoms with Crippen LogP contribution in [0.15, 0.2) is 57.9 Å². The van der Waals surface area contributed by atoms with E-state index in [1.54, 1.807) is 6.08 Å². The molecule has 1 saturated heterocycles.